The lowest BCUT2D eigenvalue weighted by Crippen LogP contribution is -2.14. The molecule has 0 spiro atoms. The Hall–Kier alpha value is -4.35. The lowest BCUT2D eigenvalue weighted by atomic mass is 10.1. The van der Waals surface area contributed by atoms with Gasteiger partial charge in [-0.2, -0.15) is 0 Å². The molecule has 1 aromatic heterocycles. The van der Waals surface area contributed by atoms with Crippen molar-refractivity contribution in [3.8, 4) is 17.6 Å². The number of benzene rings is 3. The highest BCUT2D eigenvalue weighted by Crippen LogP contribution is 2.32. The van der Waals surface area contributed by atoms with E-state index in [1.807, 2.05) is 6.07 Å². The molecule has 4 aromatic rings. The van der Waals surface area contributed by atoms with Crippen molar-refractivity contribution in [2.45, 2.75) is 4.90 Å². The first kappa shape index (κ1) is 21.9. The number of aromatic nitrogens is 1. The van der Waals surface area contributed by atoms with Crippen LogP contribution in [0, 0.1) is 11.8 Å². The second kappa shape index (κ2) is 9.02. The SMILES string of the molecule is COc1ccc(S(=O)(=O)Nc2ccccc2C#Cc2ccc(C(=O)O)nc2)c2ccccc12. The van der Waals surface area contributed by atoms with E-state index >= 15 is 0 Å². The van der Waals surface area contributed by atoms with Gasteiger partial charge in [-0.15, -0.1) is 0 Å². The van der Waals surface area contributed by atoms with E-state index in [9.17, 15) is 13.2 Å². The fourth-order valence-electron chi connectivity index (χ4n) is 3.27. The number of rotatable bonds is 5. The zero-order chi connectivity index (χ0) is 23.4. The number of nitrogens with one attached hydrogen (secondary N) is 1. The molecular formula is C25H18N2O5S. The van der Waals surface area contributed by atoms with Gasteiger partial charge in [0.15, 0.2) is 0 Å². The van der Waals surface area contributed by atoms with Crippen LogP contribution < -0.4 is 9.46 Å². The van der Waals surface area contributed by atoms with Crippen LogP contribution in [0.25, 0.3) is 10.8 Å². The zero-order valence-corrected chi connectivity index (χ0v) is 18.3. The van der Waals surface area contributed by atoms with Crippen molar-refractivity contribution < 1.29 is 23.1 Å². The van der Waals surface area contributed by atoms with Crippen LogP contribution >= 0.6 is 0 Å². The van der Waals surface area contributed by atoms with Crippen molar-refractivity contribution in [3.05, 3.63) is 95.8 Å². The summed E-state index contributed by atoms with van der Waals surface area (Å²) in [6.45, 7) is 0. The minimum atomic E-state index is -3.94. The minimum Gasteiger partial charge on any atom is -0.496 e. The van der Waals surface area contributed by atoms with Crippen molar-refractivity contribution in [2.75, 3.05) is 11.8 Å². The molecule has 0 radical (unpaired) electrons. The van der Waals surface area contributed by atoms with Crippen molar-refractivity contribution >= 4 is 32.5 Å². The molecule has 0 saturated heterocycles. The summed E-state index contributed by atoms with van der Waals surface area (Å²) in [6, 6.07) is 19.9. The van der Waals surface area contributed by atoms with Gasteiger partial charge < -0.3 is 9.84 Å². The first-order valence-corrected chi connectivity index (χ1v) is 11.3. The molecule has 0 fully saturated rings. The van der Waals surface area contributed by atoms with Gasteiger partial charge in [-0.1, -0.05) is 48.2 Å². The van der Waals surface area contributed by atoms with Crippen LogP contribution in [0.1, 0.15) is 21.6 Å². The molecule has 7 nitrogen and oxygen atoms in total. The first-order valence-electron chi connectivity index (χ1n) is 9.78. The van der Waals surface area contributed by atoms with Crippen LogP contribution in [0.3, 0.4) is 0 Å². The maximum atomic E-state index is 13.3. The Balaban J connectivity index is 1.69. The van der Waals surface area contributed by atoms with Crippen molar-refractivity contribution in [2.24, 2.45) is 0 Å². The molecule has 0 aliphatic heterocycles. The molecule has 0 saturated carbocycles. The normalized spacial score (nSPS) is 10.8. The Morgan fingerprint density at radius 1 is 0.939 bits per heavy atom. The second-order valence-electron chi connectivity index (χ2n) is 6.95. The predicted molar refractivity (Wildman–Crippen MR) is 125 cm³/mol. The van der Waals surface area contributed by atoms with Crippen LogP contribution in [0.2, 0.25) is 0 Å². The number of carboxylic acid groups (broad SMARTS) is 1. The first-order chi connectivity index (χ1) is 15.9. The Bertz CT molecular complexity index is 1520. The van der Waals surface area contributed by atoms with E-state index in [1.165, 1.54) is 25.4 Å². The Morgan fingerprint density at radius 2 is 1.67 bits per heavy atom. The van der Waals surface area contributed by atoms with Gasteiger partial charge in [0, 0.05) is 28.1 Å². The topological polar surface area (TPSA) is 106 Å². The number of carbonyl (C=O) groups is 1. The summed E-state index contributed by atoms with van der Waals surface area (Å²) in [6.07, 6.45) is 1.35. The molecule has 33 heavy (non-hydrogen) atoms. The molecule has 0 amide bonds. The summed E-state index contributed by atoms with van der Waals surface area (Å²) in [4.78, 5) is 14.9. The summed E-state index contributed by atoms with van der Waals surface area (Å²) < 4.78 is 34.5. The van der Waals surface area contributed by atoms with Gasteiger partial charge in [-0.05, 0) is 36.4 Å². The average Bonchev–Trinajstić information content (AvgIpc) is 2.82. The predicted octanol–water partition coefficient (Wildman–Crippen LogP) is 4.14. The number of hydrogen-bond donors (Lipinski definition) is 2. The van der Waals surface area contributed by atoms with E-state index in [0.29, 0.717) is 33.3 Å². The number of fused-ring (bicyclic) bond motifs is 1. The van der Waals surface area contributed by atoms with Gasteiger partial charge in [0.1, 0.15) is 11.4 Å². The number of anilines is 1. The van der Waals surface area contributed by atoms with Gasteiger partial charge in [0.05, 0.1) is 17.7 Å². The van der Waals surface area contributed by atoms with E-state index in [1.54, 1.807) is 54.6 Å². The quantitative estimate of drug-likeness (QED) is 0.436. The third-order valence-corrected chi connectivity index (χ3v) is 6.27. The smallest absolute Gasteiger partial charge is 0.354 e. The molecule has 0 bridgehead atoms. The maximum Gasteiger partial charge on any atom is 0.354 e. The number of methoxy groups -OCH3 is 1. The van der Waals surface area contributed by atoms with Crippen LogP contribution in [-0.4, -0.2) is 31.6 Å². The molecule has 0 atom stereocenters. The van der Waals surface area contributed by atoms with Crippen LogP contribution in [0.4, 0.5) is 5.69 Å². The molecule has 0 unspecified atom stereocenters. The molecule has 4 rings (SSSR count). The number of hydrogen-bond acceptors (Lipinski definition) is 5. The van der Waals surface area contributed by atoms with Gasteiger partial charge in [0.2, 0.25) is 0 Å². The number of aromatic carboxylic acids is 1. The fraction of sp³-hybridized carbons (Fsp3) is 0.0400. The second-order valence-corrected chi connectivity index (χ2v) is 8.60. The fourth-order valence-corrected chi connectivity index (χ4v) is 4.56. The average molecular weight is 458 g/mol. The molecule has 1 heterocycles. The molecule has 3 aromatic carbocycles. The maximum absolute atomic E-state index is 13.3. The summed E-state index contributed by atoms with van der Waals surface area (Å²) in [7, 11) is -2.40. The Labute approximate surface area is 190 Å². The van der Waals surface area contributed by atoms with E-state index in [4.69, 9.17) is 9.84 Å². The highest BCUT2D eigenvalue weighted by molar-refractivity contribution is 7.93. The highest BCUT2D eigenvalue weighted by atomic mass is 32.2. The summed E-state index contributed by atoms with van der Waals surface area (Å²) >= 11 is 0. The molecule has 0 aliphatic rings. The third kappa shape index (κ3) is 4.63. The highest BCUT2D eigenvalue weighted by Gasteiger charge is 2.20. The van der Waals surface area contributed by atoms with E-state index in [2.05, 4.69) is 21.5 Å². The zero-order valence-electron chi connectivity index (χ0n) is 17.4. The number of para-hydroxylation sites is 1. The summed E-state index contributed by atoms with van der Waals surface area (Å²) in [5, 5.41) is 10.2. The van der Waals surface area contributed by atoms with E-state index < -0.39 is 16.0 Å². The van der Waals surface area contributed by atoms with Crippen molar-refractivity contribution in [1.29, 1.82) is 0 Å². The van der Waals surface area contributed by atoms with Gasteiger partial charge in [0.25, 0.3) is 10.0 Å². The number of ether oxygens (including phenoxy) is 1. The van der Waals surface area contributed by atoms with Gasteiger partial charge in [-0.3, -0.25) is 4.72 Å². The molecule has 0 aliphatic carbocycles. The minimum absolute atomic E-state index is 0.0829. The summed E-state index contributed by atoms with van der Waals surface area (Å²) in [5.74, 6) is 5.26. The lowest BCUT2D eigenvalue weighted by Gasteiger charge is -2.13. The molecule has 8 heteroatoms. The Morgan fingerprint density at radius 3 is 2.36 bits per heavy atom. The van der Waals surface area contributed by atoms with Crippen LogP contribution in [-0.2, 0) is 10.0 Å². The largest absolute Gasteiger partial charge is 0.496 e. The monoisotopic (exact) mass is 458 g/mol. The van der Waals surface area contributed by atoms with E-state index in [-0.39, 0.29) is 10.6 Å². The number of nitrogens with zero attached hydrogens (tertiary/aromatic N) is 1. The third-order valence-electron chi connectivity index (χ3n) is 4.85. The Kier molecular flexibility index (Phi) is 5.98. The summed E-state index contributed by atoms with van der Waals surface area (Å²) in [5.41, 5.74) is 1.19. The van der Waals surface area contributed by atoms with Gasteiger partial charge in [-0.25, -0.2) is 18.2 Å². The van der Waals surface area contributed by atoms with E-state index in [0.717, 1.165) is 0 Å². The number of pyridine rings is 1. The lowest BCUT2D eigenvalue weighted by molar-refractivity contribution is 0.0690. The van der Waals surface area contributed by atoms with Crippen molar-refractivity contribution in [1.82, 2.24) is 4.98 Å². The molecule has 2 N–H and O–H groups in total. The van der Waals surface area contributed by atoms with Crippen LogP contribution in [0.5, 0.6) is 5.75 Å². The number of sulfonamides is 1. The molecule has 164 valence electrons. The van der Waals surface area contributed by atoms with Gasteiger partial charge >= 0.3 is 5.97 Å². The van der Waals surface area contributed by atoms with Crippen molar-refractivity contribution in [3.63, 3.8) is 0 Å². The standard InChI is InChI=1S/C25H18N2O5S/c1-32-23-14-15-24(20-8-4-3-7-19(20)23)33(30,31)27-21-9-5-2-6-18(21)12-10-17-11-13-22(25(28)29)26-16-17/h2-9,11,13-16,27H,1H3,(H,28,29). The molecular weight excluding hydrogens is 440 g/mol. The number of carboxylic acids is 1. The van der Waals surface area contributed by atoms with Crippen LogP contribution in [0.15, 0.2) is 83.9 Å².